The summed E-state index contributed by atoms with van der Waals surface area (Å²) in [6.45, 7) is 7.53. The van der Waals surface area contributed by atoms with Gasteiger partial charge >= 0.3 is 0 Å². The zero-order valence-electron chi connectivity index (χ0n) is 19.3. The molecule has 1 amide bonds. The van der Waals surface area contributed by atoms with E-state index in [1.165, 1.54) is 11.6 Å². The molecule has 8 heteroatoms. The van der Waals surface area contributed by atoms with Gasteiger partial charge in [0.2, 0.25) is 0 Å². The van der Waals surface area contributed by atoms with Gasteiger partial charge in [-0.3, -0.25) is 9.69 Å². The number of amidine groups is 1. The van der Waals surface area contributed by atoms with E-state index in [0.717, 1.165) is 25.2 Å². The molecule has 1 aliphatic rings. The molecule has 0 radical (unpaired) electrons. The highest BCUT2D eigenvalue weighted by molar-refractivity contribution is 7.90. The molecule has 0 atom stereocenters. The van der Waals surface area contributed by atoms with Gasteiger partial charge in [0.25, 0.3) is 15.9 Å². The molecule has 176 valence electrons. The van der Waals surface area contributed by atoms with Crippen molar-refractivity contribution in [2.45, 2.75) is 31.8 Å². The summed E-state index contributed by atoms with van der Waals surface area (Å²) in [6, 6.07) is 21.7. The van der Waals surface area contributed by atoms with Crippen molar-refractivity contribution in [1.29, 1.82) is 0 Å². The van der Waals surface area contributed by atoms with Crippen molar-refractivity contribution < 1.29 is 13.2 Å². The zero-order valence-corrected chi connectivity index (χ0v) is 20.1. The zero-order chi connectivity index (χ0) is 24.1. The number of amides is 1. The van der Waals surface area contributed by atoms with Gasteiger partial charge in [0.15, 0.2) is 5.84 Å². The molecule has 1 aliphatic heterocycles. The molecule has 0 aromatic heterocycles. The van der Waals surface area contributed by atoms with Crippen LogP contribution < -0.4 is 10.6 Å². The van der Waals surface area contributed by atoms with Crippen LogP contribution in [0.1, 0.15) is 40.9 Å². The molecule has 0 spiro atoms. The minimum atomic E-state index is -3.69. The third-order valence-corrected chi connectivity index (χ3v) is 7.22. The van der Waals surface area contributed by atoms with Crippen molar-refractivity contribution in [2.75, 3.05) is 18.4 Å². The van der Waals surface area contributed by atoms with Gasteiger partial charge in [0.05, 0.1) is 0 Å². The Morgan fingerprint density at radius 2 is 1.53 bits per heavy atom. The summed E-state index contributed by atoms with van der Waals surface area (Å²) in [5, 5.41) is 6.05. The number of hydrogen-bond donors (Lipinski definition) is 2. The number of nitrogens with one attached hydrogen (secondary N) is 2. The lowest BCUT2D eigenvalue weighted by Gasteiger charge is -2.20. The quantitative estimate of drug-likeness (QED) is 0.513. The lowest BCUT2D eigenvalue weighted by atomic mass is 10.1. The Balaban J connectivity index is 1.40. The maximum absolute atomic E-state index is 12.7. The number of nitrogens with zero attached hydrogens (tertiary/aromatic N) is 2. The lowest BCUT2D eigenvalue weighted by Crippen LogP contribution is -2.26. The largest absolute Gasteiger partial charge is 0.348 e. The average molecular weight is 477 g/mol. The predicted octanol–water partition coefficient (Wildman–Crippen LogP) is 4.02. The maximum atomic E-state index is 12.7. The number of fused-ring (bicyclic) bond motifs is 1. The molecule has 0 saturated heterocycles. The van der Waals surface area contributed by atoms with Crippen molar-refractivity contribution in [3.05, 3.63) is 95.1 Å². The Morgan fingerprint density at radius 3 is 2.24 bits per heavy atom. The normalized spacial score (nSPS) is 13.9. The highest BCUT2D eigenvalue weighted by atomic mass is 32.2. The van der Waals surface area contributed by atoms with Gasteiger partial charge in [-0.2, -0.15) is 8.42 Å². The van der Waals surface area contributed by atoms with Crippen LogP contribution in [-0.4, -0.2) is 38.2 Å². The minimum absolute atomic E-state index is 0.171. The molecule has 3 aromatic rings. The van der Waals surface area contributed by atoms with Crippen molar-refractivity contribution in [1.82, 2.24) is 10.2 Å². The first kappa shape index (κ1) is 23.7. The van der Waals surface area contributed by atoms with Crippen LogP contribution in [0.2, 0.25) is 0 Å². The van der Waals surface area contributed by atoms with Gasteiger partial charge in [0.1, 0.15) is 4.90 Å². The Bertz CT molecular complexity index is 1310. The fraction of sp³-hybridized carbons (Fsp3) is 0.231. The van der Waals surface area contributed by atoms with E-state index in [4.69, 9.17) is 0 Å². The third kappa shape index (κ3) is 5.18. The van der Waals surface area contributed by atoms with E-state index in [1.807, 2.05) is 18.2 Å². The Hall–Kier alpha value is -3.49. The van der Waals surface area contributed by atoms with Crippen molar-refractivity contribution >= 4 is 27.5 Å². The van der Waals surface area contributed by atoms with Crippen LogP contribution in [0.25, 0.3) is 0 Å². The van der Waals surface area contributed by atoms with E-state index < -0.39 is 10.0 Å². The van der Waals surface area contributed by atoms with E-state index in [-0.39, 0.29) is 16.6 Å². The highest BCUT2D eigenvalue weighted by Gasteiger charge is 2.28. The molecule has 0 bridgehead atoms. The molecular formula is C26H28N4O3S. The second-order valence-electron chi connectivity index (χ2n) is 8.03. The molecule has 7 nitrogen and oxygen atoms in total. The Kier molecular flexibility index (Phi) is 7.09. The van der Waals surface area contributed by atoms with Gasteiger partial charge in [-0.1, -0.05) is 50.2 Å². The van der Waals surface area contributed by atoms with E-state index in [0.29, 0.717) is 23.4 Å². The number of sulfonamides is 1. The van der Waals surface area contributed by atoms with Gasteiger partial charge in [-0.05, 0) is 60.6 Å². The van der Waals surface area contributed by atoms with Crippen LogP contribution in [0.3, 0.4) is 0 Å². The predicted molar refractivity (Wildman–Crippen MR) is 134 cm³/mol. The highest BCUT2D eigenvalue weighted by Crippen LogP contribution is 2.26. The van der Waals surface area contributed by atoms with Crippen LogP contribution >= 0.6 is 0 Å². The SMILES string of the molecule is CCN(CC)Cc1ccccc1CNC(=O)c1ccc(NC2=NS(=O)(=O)c3ccccc32)cc1. The molecule has 0 saturated carbocycles. The number of carbonyl (C=O) groups excluding carboxylic acids is 1. The van der Waals surface area contributed by atoms with Crippen molar-refractivity contribution in [3.63, 3.8) is 0 Å². The van der Waals surface area contributed by atoms with Gasteiger partial charge in [-0.25, -0.2) is 0 Å². The maximum Gasteiger partial charge on any atom is 0.285 e. The lowest BCUT2D eigenvalue weighted by molar-refractivity contribution is 0.0950. The van der Waals surface area contributed by atoms with Gasteiger partial charge in [0, 0.05) is 29.9 Å². The molecule has 3 aromatic carbocycles. The van der Waals surface area contributed by atoms with E-state index in [2.05, 4.69) is 39.8 Å². The Morgan fingerprint density at radius 1 is 0.882 bits per heavy atom. The smallest absolute Gasteiger partial charge is 0.285 e. The fourth-order valence-electron chi connectivity index (χ4n) is 3.89. The van der Waals surface area contributed by atoms with Crippen LogP contribution in [0.5, 0.6) is 0 Å². The minimum Gasteiger partial charge on any atom is -0.348 e. The number of carbonyl (C=O) groups is 1. The van der Waals surface area contributed by atoms with Crippen LogP contribution in [0, 0.1) is 0 Å². The van der Waals surface area contributed by atoms with E-state index >= 15 is 0 Å². The molecule has 0 aliphatic carbocycles. The van der Waals surface area contributed by atoms with Crippen molar-refractivity contribution in [3.8, 4) is 0 Å². The molecule has 1 heterocycles. The number of rotatable bonds is 8. The summed E-state index contributed by atoms with van der Waals surface area (Å²) in [6.07, 6.45) is 0. The number of anilines is 1. The summed E-state index contributed by atoms with van der Waals surface area (Å²) in [5.74, 6) is 0.105. The average Bonchev–Trinajstić information content (AvgIpc) is 3.11. The molecule has 4 rings (SSSR count). The van der Waals surface area contributed by atoms with Gasteiger partial charge in [-0.15, -0.1) is 4.40 Å². The molecule has 0 unspecified atom stereocenters. The van der Waals surface area contributed by atoms with Crippen LogP contribution in [0.4, 0.5) is 5.69 Å². The standard InChI is InChI=1S/C26H28N4O3S/c1-3-30(4-2)18-21-10-6-5-9-20(21)17-27-26(31)19-13-15-22(16-14-19)28-25-23-11-7-8-12-24(23)34(32,33)29-25/h5-16H,3-4,17-18H2,1-2H3,(H,27,31)(H,28,29). The topological polar surface area (TPSA) is 90.9 Å². The number of benzene rings is 3. The number of hydrogen-bond acceptors (Lipinski definition) is 5. The molecular weight excluding hydrogens is 448 g/mol. The first-order valence-corrected chi connectivity index (χ1v) is 12.7. The van der Waals surface area contributed by atoms with Crippen molar-refractivity contribution in [2.24, 2.45) is 4.40 Å². The third-order valence-electron chi connectivity index (χ3n) is 5.89. The Labute approximate surface area is 200 Å². The van der Waals surface area contributed by atoms with E-state index in [1.54, 1.807) is 42.5 Å². The fourth-order valence-corrected chi connectivity index (χ4v) is 5.06. The second kappa shape index (κ2) is 10.2. The summed E-state index contributed by atoms with van der Waals surface area (Å²) < 4.78 is 28.3. The second-order valence-corrected chi connectivity index (χ2v) is 9.60. The summed E-state index contributed by atoms with van der Waals surface area (Å²) in [7, 11) is -3.69. The summed E-state index contributed by atoms with van der Waals surface area (Å²) >= 11 is 0. The molecule has 34 heavy (non-hydrogen) atoms. The van der Waals surface area contributed by atoms with Crippen LogP contribution in [0.15, 0.2) is 82.1 Å². The molecule has 0 fully saturated rings. The van der Waals surface area contributed by atoms with Crippen LogP contribution in [-0.2, 0) is 23.1 Å². The monoisotopic (exact) mass is 476 g/mol. The molecule has 2 N–H and O–H groups in total. The van der Waals surface area contributed by atoms with E-state index in [9.17, 15) is 13.2 Å². The first-order valence-electron chi connectivity index (χ1n) is 11.3. The first-order chi connectivity index (χ1) is 16.4. The summed E-state index contributed by atoms with van der Waals surface area (Å²) in [5.41, 5.74) is 4.01. The van der Waals surface area contributed by atoms with Gasteiger partial charge < -0.3 is 10.6 Å². The summed E-state index contributed by atoms with van der Waals surface area (Å²) in [4.78, 5) is 15.3.